The van der Waals surface area contributed by atoms with Gasteiger partial charge in [-0.1, -0.05) is 25.1 Å². The van der Waals surface area contributed by atoms with Crippen molar-refractivity contribution in [2.75, 3.05) is 31.3 Å². The molecule has 1 aromatic carbocycles. The predicted octanol–water partition coefficient (Wildman–Crippen LogP) is 3.27. The fourth-order valence-corrected chi connectivity index (χ4v) is 3.09. The quantitative estimate of drug-likeness (QED) is 0.732. The maximum Gasteiger partial charge on any atom is 0.0346 e. The van der Waals surface area contributed by atoms with E-state index in [9.17, 15) is 0 Å². The van der Waals surface area contributed by atoms with Gasteiger partial charge in [-0.15, -0.1) is 0 Å². The average molecular weight is 266 g/mol. The van der Waals surface area contributed by atoms with Crippen LogP contribution in [-0.4, -0.2) is 36.5 Å². The van der Waals surface area contributed by atoms with E-state index in [-0.39, 0.29) is 0 Å². The molecule has 1 atom stereocenters. The van der Waals surface area contributed by atoms with Crippen molar-refractivity contribution < 1.29 is 0 Å². The highest BCUT2D eigenvalue weighted by molar-refractivity contribution is 7.98. The van der Waals surface area contributed by atoms with Gasteiger partial charge in [-0.2, -0.15) is 11.8 Å². The molecule has 102 valence electrons. The van der Waals surface area contributed by atoms with Crippen molar-refractivity contribution in [1.29, 1.82) is 0 Å². The zero-order valence-corrected chi connectivity index (χ0v) is 12.7. The van der Waals surface area contributed by atoms with Crippen LogP contribution in [0.1, 0.15) is 25.3 Å². The van der Waals surface area contributed by atoms with Gasteiger partial charge in [0.1, 0.15) is 0 Å². The van der Waals surface area contributed by atoms with Gasteiger partial charge < -0.3 is 10.6 Å². The Morgan fingerprint density at radius 1 is 1.33 bits per heavy atom. The SMILES string of the molecule is CCC(CSC)N(C)CCCc1ccccc1N. The Balaban J connectivity index is 2.35. The number of rotatable bonds is 8. The second-order valence-corrected chi connectivity index (χ2v) is 5.71. The van der Waals surface area contributed by atoms with E-state index in [1.807, 2.05) is 23.9 Å². The molecule has 0 aliphatic rings. The molecule has 0 aliphatic carbocycles. The number of para-hydroxylation sites is 1. The first kappa shape index (κ1) is 15.4. The third-order valence-electron chi connectivity index (χ3n) is 3.47. The van der Waals surface area contributed by atoms with Crippen molar-refractivity contribution in [2.24, 2.45) is 0 Å². The van der Waals surface area contributed by atoms with Crippen molar-refractivity contribution in [3.63, 3.8) is 0 Å². The third kappa shape index (κ3) is 4.91. The second-order valence-electron chi connectivity index (χ2n) is 4.80. The normalized spacial score (nSPS) is 12.9. The molecular formula is C15H26N2S. The summed E-state index contributed by atoms with van der Waals surface area (Å²) in [6, 6.07) is 8.89. The molecule has 0 bridgehead atoms. The highest BCUT2D eigenvalue weighted by Crippen LogP contribution is 2.14. The Morgan fingerprint density at radius 3 is 2.67 bits per heavy atom. The zero-order valence-electron chi connectivity index (χ0n) is 11.9. The van der Waals surface area contributed by atoms with Gasteiger partial charge >= 0.3 is 0 Å². The van der Waals surface area contributed by atoms with Gasteiger partial charge in [0.05, 0.1) is 0 Å². The largest absolute Gasteiger partial charge is 0.399 e. The lowest BCUT2D eigenvalue weighted by molar-refractivity contribution is 0.253. The molecule has 3 heteroatoms. The molecule has 1 aromatic rings. The number of benzene rings is 1. The summed E-state index contributed by atoms with van der Waals surface area (Å²) in [6.07, 6.45) is 5.66. The first-order valence-electron chi connectivity index (χ1n) is 6.71. The first-order valence-corrected chi connectivity index (χ1v) is 8.11. The molecule has 0 radical (unpaired) electrons. The van der Waals surface area contributed by atoms with Gasteiger partial charge in [0, 0.05) is 17.5 Å². The monoisotopic (exact) mass is 266 g/mol. The Morgan fingerprint density at radius 2 is 2.06 bits per heavy atom. The van der Waals surface area contributed by atoms with Gasteiger partial charge in [-0.3, -0.25) is 0 Å². The summed E-state index contributed by atoms with van der Waals surface area (Å²) in [6.45, 7) is 3.42. The van der Waals surface area contributed by atoms with Crippen molar-refractivity contribution in [3.8, 4) is 0 Å². The topological polar surface area (TPSA) is 29.3 Å². The summed E-state index contributed by atoms with van der Waals surface area (Å²) in [5, 5.41) is 0. The highest BCUT2D eigenvalue weighted by Gasteiger charge is 2.11. The minimum absolute atomic E-state index is 0.702. The number of nitrogens with zero attached hydrogens (tertiary/aromatic N) is 1. The molecule has 1 unspecified atom stereocenters. The molecule has 0 amide bonds. The smallest absolute Gasteiger partial charge is 0.0346 e. The van der Waals surface area contributed by atoms with Gasteiger partial charge in [0.15, 0.2) is 0 Å². The second kappa shape index (κ2) is 8.44. The number of hydrogen-bond acceptors (Lipinski definition) is 3. The summed E-state index contributed by atoms with van der Waals surface area (Å²) in [7, 11) is 2.23. The van der Waals surface area contributed by atoms with Gasteiger partial charge in [0.25, 0.3) is 0 Å². The molecule has 0 spiro atoms. The lowest BCUT2D eigenvalue weighted by Crippen LogP contribution is -2.34. The number of nitrogen functional groups attached to an aromatic ring is 1. The molecule has 0 saturated carbocycles. The standard InChI is InChI=1S/C15H26N2S/c1-4-14(12-18-3)17(2)11-7-9-13-8-5-6-10-15(13)16/h5-6,8,10,14H,4,7,9,11-12,16H2,1-3H3. The summed E-state index contributed by atoms with van der Waals surface area (Å²) in [4.78, 5) is 2.48. The van der Waals surface area contributed by atoms with Gasteiger partial charge in [-0.05, 0) is 50.7 Å². The molecule has 0 fully saturated rings. The summed E-state index contributed by atoms with van der Waals surface area (Å²) in [5.74, 6) is 1.22. The number of anilines is 1. The summed E-state index contributed by atoms with van der Waals surface area (Å²) >= 11 is 1.93. The Hall–Kier alpha value is -0.670. The Bertz CT molecular complexity index is 341. The van der Waals surface area contributed by atoms with Crippen LogP contribution in [0.3, 0.4) is 0 Å². The summed E-state index contributed by atoms with van der Waals surface area (Å²) < 4.78 is 0. The van der Waals surface area contributed by atoms with Crippen LogP contribution in [0.25, 0.3) is 0 Å². The number of hydrogen-bond donors (Lipinski definition) is 1. The first-order chi connectivity index (χ1) is 8.69. The molecule has 18 heavy (non-hydrogen) atoms. The van der Waals surface area contributed by atoms with Crippen LogP contribution in [0.5, 0.6) is 0 Å². The van der Waals surface area contributed by atoms with Crippen molar-refractivity contribution in [1.82, 2.24) is 4.90 Å². The van der Waals surface area contributed by atoms with Gasteiger partial charge in [0.2, 0.25) is 0 Å². The Kier molecular flexibility index (Phi) is 7.21. The summed E-state index contributed by atoms with van der Waals surface area (Å²) in [5.41, 5.74) is 8.16. The fourth-order valence-electron chi connectivity index (χ4n) is 2.21. The number of aryl methyl sites for hydroxylation is 1. The van der Waals surface area contributed by atoms with E-state index >= 15 is 0 Å². The molecule has 0 saturated heterocycles. The van der Waals surface area contributed by atoms with Crippen molar-refractivity contribution in [2.45, 2.75) is 32.2 Å². The molecule has 2 N–H and O–H groups in total. The van der Waals surface area contributed by atoms with E-state index in [4.69, 9.17) is 5.73 Å². The van der Waals surface area contributed by atoms with Crippen molar-refractivity contribution in [3.05, 3.63) is 29.8 Å². The minimum Gasteiger partial charge on any atom is -0.399 e. The van der Waals surface area contributed by atoms with Crippen LogP contribution in [0.2, 0.25) is 0 Å². The van der Waals surface area contributed by atoms with E-state index in [1.54, 1.807) is 0 Å². The highest BCUT2D eigenvalue weighted by atomic mass is 32.2. The van der Waals surface area contributed by atoms with E-state index in [1.165, 1.54) is 24.2 Å². The average Bonchev–Trinajstić information content (AvgIpc) is 2.38. The van der Waals surface area contributed by atoms with Crippen LogP contribution in [0.4, 0.5) is 5.69 Å². The molecule has 0 aliphatic heterocycles. The molecular weight excluding hydrogens is 240 g/mol. The van der Waals surface area contributed by atoms with Crippen LogP contribution >= 0.6 is 11.8 Å². The lowest BCUT2D eigenvalue weighted by atomic mass is 10.1. The number of nitrogens with two attached hydrogens (primary N) is 1. The van der Waals surface area contributed by atoms with Crippen LogP contribution < -0.4 is 5.73 Å². The zero-order chi connectivity index (χ0) is 13.4. The van der Waals surface area contributed by atoms with E-state index < -0.39 is 0 Å². The molecule has 2 nitrogen and oxygen atoms in total. The Labute approximate surface area is 116 Å². The van der Waals surface area contributed by atoms with Gasteiger partial charge in [-0.25, -0.2) is 0 Å². The predicted molar refractivity (Wildman–Crippen MR) is 84.3 cm³/mol. The third-order valence-corrected chi connectivity index (χ3v) is 4.18. The molecule has 0 heterocycles. The lowest BCUT2D eigenvalue weighted by Gasteiger charge is -2.26. The molecule has 1 rings (SSSR count). The maximum absolute atomic E-state index is 5.95. The fraction of sp³-hybridized carbons (Fsp3) is 0.600. The van der Waals surface area contributed by atoms with Crippen molar-refractivity contribution >= 4 is 17.4 Å². The van der Waals surface area contributed by atoms with E-state index in [0.717, 1.165) is 18.7 Å². The number of thioether (sulfide) groups is 1. The maximum atomic E-state index is 5.95. The van der Waals surface area contributed by atoms with E-state index in [2.05, 4.69) is 37.3 Å². The molecule has 0 aromatic heterocycles. The minimum atomic E-state index is 0.702. The van der Waals surface area contributed by atoms with Crippen LogP contribution in [0, 0.1) is 0 Å². The van der Waals surface area contributed by atoms with Crippen LogP contribution in [0.15, 0.2) is 24.3 Å². The van der Waals surface area contributed by atoms with E-state index in [0.29, 0.717) is 6.04 Å². The van der Waals surface area contributed by atoms with Crippen LogP contribution in [-0.2, 0) is 6.42 Å².